The van der Waals surface area contributed by atoms with E-state index in [9.17, 15) is 0 Å². The van der Waals surface area contributed by atoms with E-state index in [0.717, 1.165) is 0 Å². The van der Waals surface area contributed by atoms with Crippen molar-refractivity contribution in [3.05, 3.63) is 0 Å². The third-order valence-corrected chi connectivity index (χ3v) is 0.972. The monoisotopic (exact) mass is 133 g/mol. The fourth-order valence-electron chi connectivity index (χ4n) is 0. The number of rotatable bonds is 1. The Bertz CT molecular complexity index is 15.0. The first-order valence-electron chi connectivity index (χ1n) is 1.56. The maximum atomic E-state index is 8.00. The zero-order valence-electron chi connectivity index (χ0n) is 4.16. The summed E-state index contributed by atoms with van der Waals surface area (Å²) in [4.78, 5) is 8.00. The molecule has 0 aliphatic heterocycles. The van der Waals surface area contributed by atoms with Gasteiger partial charge in [-0.1, -0.05) is 0 Å². The van der Waals surface area contributed by atoms with Crippen molar-refractivity contribution >= 4 is 6.79 Å². The van der Waals surface area contributed by atoms with Crippen molar-refractivity contribution in [2.75, 3.05) is 0 Å². The van der Waals surface area contributed by atoms with Crippen molar-refractivity contribution in [3.63, 3.8) is 0 Å². The molecule has 0 aromatic carbocycles. The molecular weight excluding hydrogens is 123 g/mol. The number of hydrogen-bond acceptors (Lipinski definition) is 1. The van der Waals surface area contributed by atoms with E-state index in [-0.39, 0.29) is 0 Å². The Morgan fingerprint density at radius 1 is 1.67 bits per heavy atom. The van der Waals surface area contributed by atoms with Gasteiger partial charge in [0.25, 0.3) is 0 Å². The summed E-state index contributed by atoms with van der Waals surface area (Å²) < 4.78 is 0. The second-order valence-electron chi connectivity index (χ2n) is 0.471. The predicted octanol–water partition coefficient (Wildman–Crippen LogP) is 1.37. The van der Waals surface area contributed by atoms with Crippen LogP contribution in [0.1, 0.15) is 6.92 Å². The summed E-state index contributed by atoms with van der Waals surface area (Å²) in [6, 6.07) is 0. The van der Waals surface area contributed by atoms with Gasteiger partial charge in [0.15, 0.2) is 0 Å². The summed E-state index contributed by atoms with van der Waals surface area (Å²) in [5.41, 5.74) is 0. The van der Waals surface area contributed by atoms with Gasteiger partial charge >= 0.3 is 32.8 Å². The van der Waals surface area contributed by atoms with Crippen LogP contribution in [0.2, 0.25) is 11.2 Å². The fraction of sp³-hybridized carbons (Fsp3) is 0.750. The summed E-state index contributed by atoms with van der Waals surface area (Å²) in [6.07, 6.45) is 0. The number of carbonyl (C=O) groups excluding carboxylic acids is 1. The number of carbonyl (C=O) groups is 1. The minimum absolute atomic E-state index is 1.29. The Kier molecular flexibility index (Phi) is 30.1. The van der Waals surface area contributed by atoms with Crippen LogP contribution in [-0.4, -0.2) is 6.79 Å². The molecule has 0 bridgehead atoms. The summed E-state index contributed by atoms with van der Waals surface area (Å²) in [5.74, 6) is 2.15. The van der Waals surface area contributed by atoms with Gasteiger partial charge in [-0.2, -0.15) is 0 Å². The standard InChI is InChI=1S/C2H5.CH2O.CH3.Co/c2*1-2;;/h1H2,2H3;1H2;1H3;. The van der Waals surface area contributed by atoms with Gasteiger partial charge in [-0.15, -0.1) is 0 Å². The van der Waals surface area contributed by atoms with Crippen molar-refractivity contribution in [2.24, 2.45) is 0 Å². The molecule has 0 aromatic heterocycles. The molecule has 0 amide bonds. The second kappa shape index (κ2) is 19.1. The van der Waals surface area contributed by atoms with E-state index in [2.05, 4.69) is 12.8 Å². The van der Waals surface area contributed by atoms with Crippen LogP contribution in [0.15, 0.2) is 0 Å². The van der Waals surface area contributed by atoms with Gasteiger partial charge in [0.05, 0.1) is 0 Å². The molecule has 0 rings (SSSR count). The van der Waals surface area contributed by atoms with E-state index < -0.39 is 0 Å². The molecule has 1 nitrogen and oxygen atoms in total. The predicted molar refractivity (Wildman–Crippen MR) is 23.5 cm³/mol. The topological polar surface area (TPSA) is 17.1 Å². The third-order valence-electron chi connectivity index (χ3n) is 0.236. The van der Waals surface area contributed by atoms with Crippen LogP contribution in [0.4, 0.5) is 0 Å². The SMILES string of the molecule is C=O.C[CH2][Co][CH3]. The maximum absolute atomic E-state index is 8.00. The second-order valence-corrected chi connectivity index (χ2v) is 1.94. The molecule has 0 saturated carbocycles. The molecule has 0 atom stereocenters. The van der Waals surface area contributed by atoms with Crippen molar-refractivity contribution < 1.29 is 19.5 Å². The van der Waals surface area contributed by atoms with E-state index in [1.54, 1.807) is 0 Å². The molecule has 0 N–H and O–H groups in total. The summed E-state index contributed by atoms with van der Waals surface area (Å²) >= 11 is 1.52. The van der Waals surface area contributed by atoms with Crippen molar-refractivity contribution in [1.82, 2.24) is 0 Å². The quantitative estimate of drug-likeness (QED) is 0.528. The molecule has 0 spiro atoms. The van der Waals surface area contributed by atoms with Gasteiger partial charge in [0.1, 0.15) is 6.79 Å². The first kappa shape index (κ1) is 9.49. The fourth-order valence-corrected chi connectivity index (χ4v) is 0. The van der Waals surface area contributed by atoms with Gasteiger partial charge in [0, 0.05) is 0 Å². The zero-order valence-corrected chi connectivity index (χ0v) is 5.20. The molecule has 0 aliphatic rings. The molecule has 0 heterocycles. The normalized spacial score (nSPS) is 6.33. The molecular formula is C4H10CoO. The van der Waals surface area contributed by atoms with Crippen molar-refractivity contribution in [1.29, 1.82) is 0 Å². The van der Waals surface area contributed by atoms with Gasteiger partial charge in [-0.25, -0.2) is 0 Å². The molecule has 0 radical (unpaired) electrons. The van der Waals surface area contributed by atoms with Crippen LogP contribution in [0.5, 0.6) is 0 Å². The van der Waals surface area contributed by atoms with Gasteiger partial charge in [-0.3, -0.25) is 0 Å². The summed E-state index contributed by atoms with van der Waals surface area (Å²) in [6.45, 7) is 4.17. The van der Waals surface area contributed by atoms with Crippen molar-refractivity contribution in [3.8, 4) is 0 Å². The van der Waals surface area contributed by atoms with E-state index in [1.165, 1.54) is 20.1 Å². The van der Waals surface area contributed by atoms with E-state index >= 15 is 0 Å². The van der Waals surface area contributed by atoms with Crippen LogP contribution in [0, 0.1) is 0 Å². The van der Waals surface area contributed by atoms with Crippen LogP contribution < -0.4 is 0 Å². The Labute approximate surface area is 45.1 Å². The Morgan fingerprint density at radius 3 is 1.83 bits per heavy atom. The molecule has 0 aromatic rings. The van der Waals surface area contributed by atoms with Gasteiger partial charge in [-0.05, 0) is 0 Å². The van der Waals surface area contributed by atoms with Gasteiger partial charge < -0.3 is 4.79 Å². The molecule has 41 valence electrons. The van der Waals surface area contributed by atoms with Crippen LogP contribution in [-0.2, 0) is 19.5 Å². The Balaban J connectivity index is 0. The zero-order chi connectivity index (χ0) is 5.41. The Morgan fingerprint density at radius 2 is 1.83 bits per heavy atom. The molecule has 0 fully saturated rings. The van der Waals surface area contributed by atoms with E-state index in [0.29, 0.717) is 0 Å². The molecule has 0 saturated heterocycles. The number of hydrogen-bond donors (Lipinski definition) is 0. The molecule has 6 heavy (non-hydrogen) atoms. The van der Waals surface area contributed by atoms with Crippen molar-refractivity contribution in [2.45, 2.75) is 18.1 Å². The summed E-state index contributed by atoms with van der Waals surface area (Å²) in [5, 5.41) is 1.29. The van der Waals surface area contributed by atoms with Gasteiger partial charge in [0.2, 0.25) is 0 Å². The molecule has 0 aliphatic carbocycles. The Hall–Kier alpha value is 0.176. The third kappa shape index (κ3) is 30.4. The van der Waals surface area contributed by atoms with Crippen LogP contribution in [0.3, 0.4) is 0 Å². The van der Waals surface area contributed by atoms with E-state index in [4.69, 9.17) is 4.79 Å². The average Bonchev–Trinajstić information content (AvgIpc) is 1.72. The molecule has 2 heteroatoms. The molecule has 0 unspecified atom stereocenters. The minimum atomic E-state index is 1.29. The van der Waals surface area contributed by atoms with Crippen LogP contribution >= 0.6 is 0 Å². The summed E-state index contributed by atoms with van der Waals surface area (Å²) in [7, 11) is 0. The first-order valence-corrected chi connectivity index (χ1v) is 3.34. The van der Waals surface area contributed by atoms with E-state index in [1.807, 2.05) is 6.79 Å². The van der Waals surface area contributed by atoms with Crippen LogP contribution in [0.25, 0.3) is 0 Å². The average molecular weight is 133 g/mol. The first-order chi connectivity index (χ1) is 2.91.